The minimum absolute atomic E-state index is 0.608. The molecule has 1 aliphatic rings. The van der Waals surface area contributed by atoms with Gasteiger partial charge >= 0.3 is 0 Å². The first kappa shape index (κ1) is 13.6. The number of aldehydes is 1. The van der Waals surface area contributed by atoms with Gasteiger partial charge < -0.3 is 4.90 Å². The van der Waals surface area contributed by atoms with Crippen molar-refractivity contribution in [2.45, 2.75) is 38.6 Å². The average Bonchev–Trinajstić information content (AvgIpc) is 2.38. The van der Waals surface area contributed by atoms with Gasteiger partial charge in [0.15, 0.2) is 0 Å². The van der Waals surface area contributed by atoms with Crippen molar-refractivity contribution in [3.05, 3.63) is 28.2 Å². The number of nitrogens with zero attached hydrogens (tertiary/aromatic N) is 1. The molecule has 0 heterocycles. The fraction of sp³-hybridized carbons (Fsp3) is 0.533. The smallest absolute Gasteiger partial charge is 0.150 e. The number of carbonyl (C=O) groups is 1. The third-order valence-electron chi connectivity index (χ3n) is 4.05. The maximum Gasteiger partial charge on any atom is 0.150 e. The Kier molecular flexibility index (Phi) is 4.44. The van der Waals surface area contributed by atoms with E-state index in [-0.39, 0.29) is 0 Å². The first-order valence-corrected chi connectivity index (χ1v) is 7.40. The Bertz CT molecular complexity index is 433. The molecule has 98 valence electrons. The fourth-order valence-electron chi connectivity index (χ4n) is 2.93. The van der Waals surface area contributed by atoms with E-state index in [1.165, 1.54) is 31.4 Å². The van der Waals surface area contributed by atoms with Crippen molar-refractivity contribution < 1.29 is 4.79 Å². The third-order valence-corrected chi connectivity index (χ3v) is 4.69. The molecular formula is C15H20BrNO. The van der Waals surface area contributed by atoms with Gasteiger partial charge in [0.05, 0.1) is 5.69 Å². The van der Waals surface area contributed by atoms with E-state index in [1.54, 1.807) is 0 Å². The molecule has 1 aliphatic carbocycles. The summed E-state index contributed by atoms with van der Waals surface area (Å²) in [5.74, 6) is 0.737. The number of benzene rings is 1. The molecule has 2 unspecified atom stereocenters. The van der Waals surface area contributed by atoms with Gasteiger partial charge in [-0.2, -0.15) is 0 Å². The molecule has 1 aromatic carbocycles. The summed E-state index contributed by atoms with van der Waals surface area (Å²) < 4.78 is 1.01. The number of halogens is 1. The van der Waals surface area contributed by atoms with Crippen LogP contribution in [0.5, 0.6) is 0 Å². The highest BCUT2D eigenvalue weighted by molar-refractivity contribution is 9.10. The Balaban J connectivity index is 2.22. The Labute approximate surface area is 117 Å². The van der Waals surface area contributed by atoms with E-state index >= 15 is 0 Å². The van der Waals surface area contributed by atoms with E-state index in [9.17, 15) is 4.79 Å². The molecule has 18 heavy (non-hydrogen) atoms. The minimum atomic E-state index is 0.608. The number of hydrogen-bond donors (Lipinski definition) is 0. The van der Waals surface area contributed by atoms with Gasteiger partial charge in [-0.05, 0) is 52.9 Å². The van der Waals surface area contributed by atoms with Crippen molar-refractivity contribution in [3.63, 3.8) is 0 Å². The summed E-state index contributed by atoms with van der Waals surface area (Å²) in [6.07, 6.45) is 6.15. The monoisotopic (exact) mass is 309 g/mol. The molecule has 3 heteroatoms. The van der Waals surface area contributed by atoms with Gasteiger partial charge in [-0.3, -0.25) is 4.79 Å². The van der Waals surface area contributed by atoms with Crippen LogP contribution in [0.15, 0.2) is 22.7 Å². The highest BCUT2D eigenvalue weighted by Crippen LogP contribution is 2.34. The Morgan fingerprint density at radius 1 is 1.33 bits per heavy atom. The van der Waals surface area contributed by atoms with Crippen molar-refractivity contribution in [2.24, 2.45) is 5.92 Å². The van der Waals surface area contributed by atoms with Gasteiger partial charge in [-0.15, -0.1) is 0 Å². The van der Waals surface area contributed by atoms with Gasteiger partial charge in [0.1, 0.15) is 6.29 Å². The third kappa shape index (κ3) is 2.77. The Morgan fingerprint density at radius 2 is 2.06 bits per heavy atom. The minimum Gasteiger partial charge on any atom is -0.370 e. The van der Waals surface area contributed by atoms with Gasteiger partial charge in [0.25, 0.3) is 0 Å². The number of carbonyl (C=O) groups excluding carboxylic acids is 1. The largest absolute Gasteiger partial charge is 0.370 e. The Hall–Kier alpha value is -0.830. The lowest BCUT2D eigenvalue weighted by atomic mass is 9.85. The average molecular weight is 310 g/mol. The lowest BCUT2D eigenvalue weighted by Crippen LogP contribution is -2.39. The highest BCUT2D eigenvalue weighted by Gasteiger charge is 2.25. The molecule has 0 spiro atoms. The van der Waals surface area contributed by atoms with Gasteiger partial charge in [0.2, 0.25) is 0 Å². The molecular weight excluding hydrogens is 290 g/mol. The van der Waals surface area contributed by atoms with E-state index in [0.29, 0.717) is 6.04 Å². The second kappa shape index (κ2) is 5.87. The molecule has 2 rings (SSSR count). The number of rotatable bonds is 3. The quantitative estimate of drug-likeness (QED) is 0.777. The second-order valence-electron chi connectivity index (χ2n) is 5.27. The van der Waals surface area contributed by atoms with E-state index in [2.05, 4.69) is 34.8 Å². The van der Waals surface area contributed by atoms with Crippen molar-refractivity contribution in [2.75, 3.05) is 11.9 Å². The first-order chi connectivity index (χ1) is 8.63. The zero-order valence-corrected chi connectivity index (χ0v) is 12.6. The van der Waals surface area contributed by atoms with Crippen LogP contribution < -0.4 is 4.90 Å². The van der Waals surface area contributed by atoms with Crippen molar-refractivity contribution in [3.8, 4) is 0 Å². The van der Waals surface area contributed by atoms with Crippen LogP contribution in [0, 0.1) is 5.92 Å². The van der Waals surface area contributed by atoms with Crippen LogP contribution in [0.1, 0.15) is 43.0 Å². The highest BCUT2D eigenvalue weighted by atomic mass is 79.9. The van der Waals surface area contributed by atoms with Gasteiger partial charge in [-0.1, -0.05) is 19.8 Å². The number of anilines is 1. The van der Waals surface area contributed by atoms with Crippen LogP contribution in [0.2, 0.25) is 0 Å². The molecule has 0 bridgehead atoms. The predicted molar refractivity (Wildman–Crippen MR) is 79.4 cm³/mol. The molecule has 0 saturated heterocycles. The molecule has 1 saturated carbocycles. The SMILES string of the molecule is CC1CCCCC1N(C)c1ccc(C=O)cc1Br. The maximum atomic E-state index is 10.8. The summed E-state index contributed by atoms with van der Waals surface area (Å²) in [7, 11) is 2.16. The summed E-state index contributed by atoms with van der Waals surface area (Å²) in [5.41, 5.74) is 1.90. The van der Waals surface area contributed by atoms with Gasteiger partial charge in [0, 0.05) is 23.1 Å². The van der Waals surface area contributed by atoms with Crippen LogP contribution in [-0.2, 0) is 0 Å². The molecule has 1 fully saturated rings. The number of hydrogen-bond acceptors (Lipinski definition) is 2. The zero-order valence-electron chi connectivity index (χ0n) is 11.0. The van der Waals surface area contributed by atoms with E-state index in [4.69, 9.17) is 0 Å². The van der Waals surface area contributed by atoms with Crippen LogP contribution >= 0.6 is 15.9 Å². The van der Waals surface area contributed by atoms with Crippen molar-refractivity contribution >= 4 is 27.9 Å². The van der Waals surface area contributed by atoms with Crippen LogP contribution in [0.4, 0.5) is 5.69 Å². The fourth-order valence-corrected chi connectivity index (χ4v) is 3.61. The van der Waals surface area contributed by atoms with Crippen LogP contribution in [-0.4, -0.2) is 19.4 Å². The second-order valence-corrected chi connectivity index (χ2v) is 6.12. The summed E-state index contributed by atoms with van der Waals surface area (Å²) in [6.45, 7) is 2.34. The molecule has 0 radical (unpaired) electrons. The molecule has 0 aromatic heterocycles. The maximum absolute atomic E-state index is 10.8. The molecule has 2 atom stereocenters. The van der Waals surface area contributed by atoms with Crippen LogP contribution in [0.3, 0.4) is 0 Å². The van der Waals surface area contributed by atoms with Gasteiger partial charge in [-0.25, -0.2) is 0 Å². The predicted octanol–water partition coefficient (Wildman–Crippen LogP) is 4.28. The molecule has 0 aliphatic heterocycles. The lowest BCUT2D eigenvalue weighted by molar-refractivity contribution is 0.112. The van der Waals surface area contributed by atoms with Crippen LogP contribution in [0.25, 0.3) is 0 Å². The first-order valence-electron chi connectivity index (χ1n) is 6.61. The zero-order chi connectivity index (χ0) is 13.1. The van der Waals surface area contributed by atoms with Crippen molar-refractivity contribution in [1.82, 2.24) is 0 Å². The summed E-state index contributed by atoms with van der Waals surface area (Å²) in [5, 5.41) is 0. The summed E-state index contributed by atoms with van der Waals surface area (Å²) in [4.78, 5) is 13.1. The summed E-state index contributed by atoms with van der Waals surface area (Å²) in [6, 6.07) is 6.43. The summed E-state index contributed by atoms with van der Waals surface area (Å²) >= 11 is 3.57. The molecule has 2 nitrogen and oxygen atoms in total. The molecule has 0 amide bonds. The lowest BCUT2D eigenvalue weighted by Gasteiger charge is -2.38. The topological polar surface area (TPSA) is 20.3 Å². The van der Waals surface area contributed by atoms with E-state index < -0.39 is 0 Å². The normalized spacial score (nSPS) is 23.7. The molecule has 1 aromatic rings. The molecule has 0 N–H and O–H groups in total. The van der Waals surface area contributed by atoms with E-state index in [0.717, 1.165) is 22.2 Å². The Morgan fingerprint density at radius 3 is 2.67 bits per heavy atom. The standard InChI is InChI=1S/C15H20BrNO/c1-11-5-3-4-6-14(11)17(2)15-8-7-12(10-18)9-13(15)16/h7-11,14H,3-6H2,1-2H3. The van der Waals surface area contributed by atoms with E-state index in [1.807, 2.05) is 18.2 Å². The van der Waals surface area contributed by atoms with Crippen molar-refractivity contribution in [1.29, 1.82) is 0 Å².